The van der Waals surface area contributed by atoms with Crippen molar-refractivity contribution in [1.82, 2.24) is 9.88 Å². The van der Waals surface area contributed by atoms with Crippen LogP contribution < -0.4 is 15.4 Å². The molecule has 7 nitrogen and oxygen atoms in total. The van der Waals surface area contributed by atoms with Crippen molar-refractivity contribution in [2.24, 2.45) is 5.92 Å². The zero-order valence-corrected chi connectivity index (χ0v) is 16.9. The Morgan fingerprint density at radius 3 is 2.35 bits per heavy atom. The van der Waals surface area contributed by atoms with Gasteiger partial charge in [0, 0.05) is 17.8 Å². The van der Waals surface area contributed by atoms with E-state index in [0.29, 0.717) is 37.4 Å². The zero-order chi connectivity index (χ0) is 22.4. The normalized spacial score (nSPS) is 16.4. The summed E-state index contributed by atoms with van der Waals surface area (Å²) in [6.45, 7) is 2.91. The summed E-state index contributed by atoms with van der Waals surface area (Å²) in [5.74, 6) is -0.369. The number of likely N-dealkylation sites (tertiary alicyclic amines) is 1. The monoisotopic (exact) mass is 436 g/mol. The molecule has 2 amide bonds. The first-order valence-electron chi connectivity index (χ1n) is 9.84. The summed E-state index contributed by atoms with van der Waals surface area (Å²) in [5.41, 5.74) is 0.371. The van der Waals surface area contributed by atoms with E-state index in [0.717, 1.165) is 12.1 Å². The molecule has 166 valence electrons. The summed E-state index contributed by atoms with van der Waals surface area (Å²) in [6, 6.07) is 9.80. The van der Waals surface area contributed by atoms with Crippen LogP contribution in [0.25, 0.3) is 0 Å². The highest BCUT2D eigenvalue weighted by Gasteiger charge is 2.31. The van der Waals surface area contributed by atoms with Crippen LogP contribution in [0.3, 0.4) is 0 Å². The van der Waals surface area contributed by atoms with Gasteiger partial charge in [0.2, 0.25) is 11.8 Å². The lowest BCUT2D eigenvalue weighted by molar-refractivity contribution is -0.274. The van der Waals surface area contributed by atoms with E-state index in [9.17, 15) is 22.8 Å². The number of benzene rings is 1. The Balaban J connectivity index is 1.47. The third kappa shape index (κ3) is 6.68. The molecule has 0 spiro atoms. The van der Waals surface area contributed by atoms with Gasteiger partial charge in [-0.25, -0.2) is 4.98 Å². The van der Waals surface area contributed by atoms with E-state index < -0.39 is 12.4 Å². The van der Waals surface area contributed by atoms with E-state index >= 15 is 0 Å². The highest BCUT2D eigenvalue weighted by atomic mass is 19.4. The van der Waals surface area contributed by atoms with Crippen LogP contribution >= 0.6 is 0 Å². The van der Waals surface area contributed by atoms with Gasteiger partial charge in [-0.3, -0.25) is 14.5 Å². The lowest BCUT2D eigenvalue weighted by atomic mass is 9.95. The number of aromatic nitrogens is 1. The quantitative estimate of drug-likeness (QED) is 0.722. The average molecular weight is 436 g/mol. The number of nitrogens with one attached hydrogen (secondary N) is 2. The fourth-order valence-electron chi connectivity index (χ4n) is 3.37. The van der Waals surface area contributed by atoms with Gasteiger partial charge in [-0.1, -0.05) is 6.07 Å². The van der Waals surface area contributed by atoms with Crippen molar-refractivity contribution in [2.75, 3.05) is 23.7 Å². The Labute approximate surface area is 177 Å². The van der Waals surface area contributed by atoms with Crippen molar-refractivity contribution in [3.8, 4) is 5.75 Å². The van der Waals surface area contributed by atoms with E-state index in [-0.39, 0.29) is 23.5 Å². The minimum atomic E-state index is -4.76. The first-order chi connectivity index (χ1) is 14.7. The molecule has 1 saturated heterocycles. The van der Waals surface area contributed by atoms with Crippen molar-refractivity contribution in [1.29, 1.82) is 0 Å². The van der Waals surface area contributed by atoms with E-state index in [2.05, 4.69) is 20.4 Å². The van der Waals surface area contributed by atoms with Crippen molar-refractivity contribution < 1.29 is 27.5 Å². The molecule has 3 rings (SSSR count). The maximum Gasteiger partial charge on any atom is 0.573 e. The molecule has 1 aliphatic heterocycles. The fraction of sp³-hybridized carbons (Fsp3) is 0.381. The van der Waals surface area contributed by atoms with Crippen LogP contribution in [-0.2, 0) is 9.59 Å². The highest BCUT2D eigenvalue weighted by Crippen LogP contribution is 2.25. The van der Waals surface area contributed by atoms with Crippen LogP contribution in [0.4, 0.5) is 24.7 Å². The minimum absolute atomic E-state index is 0.0865. The van der Waals surface area contributed by atoms with Crippen molar-refractivity contribution in [3.63, 3.8) is 0 Å². The number of ether oxygens (including phenoxy) is 1. The van der Waals surface area contributed by atoms with Gasteiger partial charge in [0.1, 0.15) is 11.6 Å². The Hall–Kier alpha value is -3.14. The molecule has 1 unspecified atom stereocenters. The third-order valence-electron chi connectivity index (χ3n) is 5.10. The molecule has 0 bridgehead atoms. The molecule has 2 N–H and O–H groups in total. The third-order valence-corrected chi connectivity index (χ3v) is 5.10. The SMILES string of the molecule is CC(C(=O)Nc1ccc(OC(F)(F)F)cc1)N1CCC(C(=O)Nc2ccccn2)CC1. The summed E-state index contributed by atoms with van der Waals surface area (Å²) >= 11 is 0. The first-order valence-corrected chi connectivity index (χ1v) is 9.84. The topological polar surface area (TPSA) is 83.6 Å². The lowest BCUT2D eigenvalue weighted by Crippen LogP contribution is -2.47. The van der Waals surface area contributed by atoms with Gasteiger partial charge in [0.15, 0.2) is 0 Å². The number of amides is 2. The number of hydrogen-bond donors (Lipinski definition) is 2. The molecule has 1 fully saturated rings. The Morgan fingerprint density at radius 2 is 1.77 bits per heavy atom. The maximum absolute atomic E-state index is 12.5. The number of halogens is 3. The molecule has 1 aromatic heterocycles. The molecular formula is C21H23F3N4O3. The van der Waals surface area contributed by atoms with E-state index in [1.54, 1.807) is 31.3 Å². The Kier molecular flexibility index (Phi) is 7.11. The van der Waals surface area contributed by atoms with Crippen molar-refractivity contribution >= 4 is 23.3 Å². The van der Waals surface area contributed by atoms with Gasteiger partial charge in [0.25, 0.3) is 0 Å². The summed E-state index contributed by atoms with van der Waals surface area (Å²) in [7, 11) is 0. The molecule has 1 aromatic carbocycles. The number of rotatable bonds is 6. The molecule has 31 heavy (non-hydrogen) atoms. The van der Waals surface area contributed by atoms with Gasteiger partial charge in [-0.15, -0.1) is 13.2 Å². The minimum Gasteiger partial charge on any atom is -0.406 e. The van der Waals surface area contributed by atoms with Gasteiger partial charge in [-0.2, -0.15) is 0 Å². The smallest absolute Gasteiger partial charge is 0.406 e. The van der Waals surface area contributed by atoms with Crippen molar-refractivity contribution in [2.45, 2.75) is 32.2 Å². The summed E-state index contributed by atoms with van der Waals surface area (Å²) < 4.78 is 40.5. The largest absolute Gasteiger partial charge is 0.573 e. The second-order valence-corrected chi connectivity index (χ2v) is 7.25. The molecule has 2 heterocycles. The first kappa shape index (κ1) is 22.5. The maximum atomic E-state index is 12.5. The summed E-state index contributed by atoms with van der Waals surface area (Å²) in [5, 5.41) is 5.49. The van der Waals surface area contributed by atoms with E-state index in [1.165, 1.54) is 12.1 Å². The molecule has 0 radical (unpaired) electrons. The van der Waals surface area contributed by atoms with Gasteiger partial charge < -0.3 is 15.4 Å². The number of piperidine rings is 1. The number of alkyl halides is 3. The molecule has 1 atom stereocenters. The van der Waals surface area contributed by atoms with Crippen LogP contribution in [0.5, 0.6) is 5.75 Å². The lowest BCUT2D eigenvalue weighted by Gasteiger charge is -2.34. The number of carbonyl (C=O) groups is 2. The molecule has 1 aliphatic rings. The molecular weight excluding hydrogens is 413 g/mol. The van der Waals surface area contributed by atoms with Crippen molar-refractivity contribution in [3.05, 3.63) is 48.7 Å². The summed E-state index contributed by atoms with van der Waals surface area (Å²) in [6.07, 6.45) is -1.94. The second-order valence-electron chi connectivity index (χ2n) is 7.25. The van der Waals surface area contributed by atoms with Crippen LogP contribution in [0.15, 0.2) is 48.7 Å². The number of pyridine rings is 1. The van der Waals surface area contributed by atoms with Crippen LogP contribution in [0.1, 0.15) is 19.8 Å². The Morgan fingerprint density at radius 1 is 1.10 bits per heavy atom. The fourth-order valence-corrected chi connectivity index (χ4v) is 3.37. The van der Waals surface area contributed by atoms with Crippen LogP contribution in [-0.4, -0.2) is 47.2 Å². The number of hydrogen-bond acceptors (Lipinski definition) is 5. The van der Waals surface area contributed by atoms with E-state index in [1.807, 2.05) is 4.90 Å². The highest BCUT2D eigenvalue weighted by molar-refractivity contribution is 5.94. The van der Waals surface area contributed by atoms with E-state index in [4.69, 9.17) is 0 Å². The number of carbonyl (C=O) groups excluding carboxylic acids is 2. The molecule has 0 aliphatic carbocycles. The van der Waals surface area contributed by atoms with Gasteiger partial charge in [-0.05, 0) is 69.3 Å². The number of nitrogens with zero attached hydrogens (tertiary/aromatic N) is 2. The molecule has 0 saturated carbocycles. The zero-order valence-electron chi connectivity index (χ0n) is 16.9. The average Bonchev–Trinajstić information content (AvgIpc) is 2.74. The van der Waals surface area contributed by atoms with Gasteiger partial charge in [0.05, 0.1) is 6.04 Å². The standard InChI is InChI=1S/C21H23F3N4O3/c1-14(19(29)26-16-5-7-17(8-6-16)31-21(22,23)24)28-12-9-15(10-13-28)20(30)27-18-4-2-3-11-25-18/h2-8,11,14-15H,9-10,12-13H2,1H3,(H,26,29)(H,25,27,30). The van der Waals surface area contributed by atoms with Gasteiger partial charge >= 0.3 is 6.36 Å². The van der Waals surface area contributed by atoms with Crippen LogP contribution in [0, 0.1) is 5.92 Å². The molecule has 2 aromatic rings. The predicted octanol–water partition coefficient (Wildman–Crippen LogP) is 3.66. The predicted molar refractivity (Wildman–Crippen MR) is 108 cm³/mol. The second kappa shape index (κ2) is 9.78. The summed E-state index contributed by atoms with van der Waals surface area (Å²) in [4.78, 5) is 31.0. The van der Waals surface area contributed by atoms with Crippen LogP contribution in [0.2, 0.25) is 0 Å². The number of anilines is 2. The molecule has 10 heteroatoms. The Bertz CT molecular complexity index is 883.